The average Bonchev–Trinajstić information content (AvgIpc) is 3.38. The molecule has 0 aromatic heterocycles. The highest BCUT2D eigenvalue weighted by molar-refractivity contribution is 7.98. The van der Waals surface area contributed by atoms with E-state index in [1.165, 1.54) is 11.8 Å². The maximum atomic E-state index is 13.1. The summed E-state index contributed by atoms with van der Waals surface area (Å²) in [6.07, 6.45) is 3.66. The van der Waals surface area contributed by atoms with E-state index in [9.17, 15) is 19.5 Å². The Morgan fingerprint density at radius 1 is 1.11 bits per heavy atom. The molecule has 2 aliphatic rings. The molecule has 4 rings (SSSR count). The number of hydrogen-bond acceptors (Lipinski definition) is 5. The van der Waals surface area contributed by atoms with E-state index in [4.69, 9.17) is 4.74 Å². The second kappa shape index (κ2) is 10.7. The number of amides is 2. The molecular weight excluding hydrogens is 464 g/mol. The number of fused-ring (bicyclic) bond motifs is 3. The molecular formula is C27H32N2O5S. The standard InChI is InChI=1S/C27H32N2O5S/c1-27(25(32)28-22(24(30)31)13-15-35-2)14-7-12-23(27)29-26(33)34-16-21-19-10-5-3-8-17(19)18-9-4-6-11-20(18)21/h3-6,8-11,21-23H,7,12-16H2,1-2H3,(H,28,32)(H,29,33)(H,30,31)/t22-,23?,27?/m0/s1. The third-order valence-electron chi connectivity index (χ3n) is 7.33. The van der Waals surface area contributed by atoms with Crippen LogP contribution in [-0.4, -0.2) is 53.8 Å². The third-order valence-corrected chi connectivity index (χ3v) is 7.97. The Labute approximate surface area is 210 Å². The van der Waals surface area contributed by atoms with E-state index in [-0.39, 0.29) is 18.4 Å². The number of carboxylic acid groups (broad SMARTS) is 1. The predicted molar refractivity (Wildman–Crippen MR) is 137 cm³/mol. The second-order valence-corrected chi connectivity index (χ2v) is 10.5. The van der Waals surface area contributed by atoms with Crippen molar-refractivity contribution in [2.75, 3.05) is 18.6 Å². The molecule has 8 heteroatoms. The molecule has 2 aromatic carbocycles. The number of ether oxygens (including phenoxy) is 1. The molecule has 0 bridgehead atoms. The van der Waals surface area contributed by atoms with Crippen molar-refractivity contribution in [3.63, 3.8) is 0 Å². The lowest BCUT2D eigenvalue weighted by molar-refractivity contribution is -0.144. The topological polar surface area (TPSA) is 105 Å². The number of aliphatic carboxylic acids is 1. The molecule has 186 valence electrons. The van der Waals surface area contributed by atoms with Crippen LogP contribution in [0.5, 0.6) is 0 Å². The van der Waals surface area contributed by atoms with Crippen molar-refractivity contribution >= 4 is 29.7 Å². The maximum absolute atomic E-state index is 13.1. The molecule has 2 aliphatic carbocycles. The van der Waals surface area contributed by atoms with Crippen LogP contribution >= 0.6 is 11.8 Å². The highest BCUT2D eigenvalue weighted by Gasteiger charge is 2.47. The van der Waals surface area contributed by atoms with Crippen LogP contribution in [0, 0.1) is 5.41 Å². The highest BCUT2D eigenvalue weighted by atomic mass is 32.2. The number of hydrogen-bond donors (Lipinski definition) is 3. The minimum absolute atomic E-state index is 0.0424. The van der Waals surface area contributed by atoms with Crippen LogP contribution in [0.25, 0.3) is 11.1 Å². The molecule has 2 unspecified atom stereocenters. The van der Waals surface area contributed by atoms with E-state index in [2.05, 4.69) is 34.9 Å². The van der Waals surface area contributed by atoms with E-state index in [0.29, 0.717) is 25.0 Å². The minimum Gasteiger partial charge on any atom is -0.480 e. The van der Waals surface area contributed by atoms with Crippen molar-refractivity contribution in [3.05, 3.63) is 59.7 Å². The van der Waals surface area contributed by atoms with Gasteiger partial charge in [-0.1, -0.05) is 55.0 Å². The van der Waals surface area contributed by atoms with E-state index in [1.807, 2.05) is 30.5 Å². The van der Waals surface area contributed by atoms with Crippen molar-refractivity contribution in [2.24, 2.45) is 5.41 Å². The van der Waals surface area contributed by atoms with Gasteiger partial charge in [0.2, 0.25) is 5.91 Å². The monoisotopic (exact) mass is 496 g/mol. The van der Waals surface area contributed by atoms with Gasteiger partial charge >= 0.3 is 12.1 Å². The molecule has 7 nitrogen and oxygen atoms in total. The zero-order valence-electron chi connectivity index (χ0n) is 20.1. The van der Waals surface area contributed by atoms with Crippen LogP contribution in [0.15, 0.2) is 48.5 Å². The molecule has 2 amide bonds. The van der Waals surface area contributed by atoms with E-state index in [1.54, 1.807) is 6.92 Å². The van der Waals surface area contributed by atoms with E-state index in [0.717, 1.165) is 28.7 Å². The molecule has 0 heterocycles. The lowest BCUT2D eigenvalue weighted by atomic mass is 9.83. The Morgan fingerprint density at radius 3 is 2.34 bits per heavy atom. The smallest absolute Gasteiger partial charge is 0.407 e. The van der Waals surface area contributed by atoms with Gasteiger partial charge in [0.15, 0.2) is 0 Å². The molecule has 35 heavy (non-hydrogen) atoms. The quantitative estimate of drug-likeness (QED) is 0.475. The summed E-state index contributed by atoms with van der Waals surface area (Å²) in [7, 11) is 0. The normalized spacial score (nSPS) is 21.6. The van der Waals surface area contributed by atoms with Crippen LogP contribution in [0.1, 0.15) is 49.7 Å². The van der Waals surface area contributed by atoms with Gasteiger partial charge in [-0.05, 0) is 60.4 Å². The van der Waals surface area contributed by atoms with Crippen LogP contribution in [0.4, 0.5) is 4.79 Å². The van der Waals surface area contributed by atoms with Crippen molar-refractivity contribution in [3.8, 4) is 11.1 Å². The van der Waals surface area contributed by atoms with Gasteiger partial charge < -0.3 is 20.5 Å². The minimum atomic E-state index is -1.05. The van der Waals surface area contributed by atoms with Crippen molar-refractivity contribution in [1.82, 2.24) is 10.6 Å². The summed E-state index contributed by atoms with van der Waals surface area (Å²) in [5.41, 5.74) is 3.70. The van der Waals surface area contributed by atoms with Gasteiger partial charge in [0.1, 0.15) is 12.6 Å². The molecule has 3 N–H and O–H groups in total. The molecule has 0 saturated heterocycles. The summed E-state index contributed by atoms with van der Waals surface area (Å²) in [6.45, 7) is 1.99. The summed E-state index contributed by atoms with van der Waals surface area (Å²) < 4.78 is 5.67. The molecule has 0 spiro atoms. The number of rotatable bonds is 9. The molecule has 1 fully saturated rings. The van der Waals surface area contributed by atoms with E-state index < -0.39 is 29.6 Å². The lowest BCUT2D eigenvalue weighted by Crippen LogP contribution is -2.54. The van der Waals surface area contributed by atoms with Crippen molar-refractivity contribution in [2.45, 2.75) is 50.6 Å². The first-order chi connectivity index (χ1) is 16.8. The zero-order chi connectivity index (χ0) is 25.0. The Balaban J connectivity index is 1.39. The molecule has 3 atom stereocenters. The Morgan fingerprint density at radius 2 is 1.74 bits per heavy atom. The van der Waals surface area contributed by atoms with Gasteiger partial charge in [0.25, 0.3) is 0 Å². The van der Waals surface area contributed by atoms with Gasteiger partial charge in [-0.25, -0.2) is 9.59 Å². The zero-order valence-corrected chi connectivity index (χ0v) is 20.9. The van der Waals surface area contributed by atoms with Gasteiger partial charge in [-0.3, -0.25) is 4.79 Å². The van der Waals surface area contributed by atoms with Gasteiger partial charge in [-0.2, -0.15) is 11.8 Å². The molecule has 1 saturated carbocycles. The fraction of sp³-hybridized carbons (Fsp3) is 0.444. The van der Waals surface area contributed by atoms with Gasteiger partial charge in [0.05, 0.1) is 5.41 Å². The number of thioether (sulfide) groups is 1. The summed E-state index contributed by atoms with van der Waals surface area (Å²) in [4.78, 5) is 37.5. The van der Waals surface area contributed by atoms with Crippen LogP contribution < -0.4 is 10.6 Å². The summed E-state index contributed by atoms with van der Waals surface area (Å²) in [6, 6.07) is 14.9. The fourth-order valence-corrected chi connectivity index (χ4v) is 5.74. The Hall–Kier alpha value is -3.00. The number of carbonyl (C=O) groups is 3. The first-order valence-corrected chi connectivity index (χ1v) is 13.4. The van der Waals surface area contributed by atoms with Gasteiger partial charge in [0, 0.05) is 12.0 Å². The second-order valence-electron chi connectivity index (χ2n) is 9.48. The number of carbonyl (C=O) groups excluding carboxylic acids is 2. The van der Waals surface area contributed by atoms with Crippen molar-refractivity contribution in [1.29, 1.82) is 0 Å². The third kappa shape index (κ3) is 5.17. The van der Waals surface area contributed by atoms with Gasteiger partial charge in [-0.15, -0.1) is 0 Å². The van der Waals surface area contributed by atoms with Crippen LogP contribution in [-0.2, 0) is 14.3 Å². The van der Waals surface area contributed by atoms with Crippen LogP contribution in [0.3, 0.4) is 0 Å². The van der Waals surface area contributed by atoms with Crippen LogP contribution in [0.2, 0.25) is 0 Å². The largest absolute Gasteiger partial charge is 0.480 e. The Kier molecular flexibility index (Phi) is 7.69. The number of benzene rings is 2. The first kappa shape index (κ1) is 25.1. The number of nitrogens with one attached hydrogen (secondary N) is 2. The maximum Gasteiger partial charge on any atom is 0.407 e. The lowest BCUT2D eigenvalue weighted by Gasteiger charge is -2.32. The summed E-state index contributed by atoms with van der Waals surface area (Å²) in [5.74, 6) is -0.795. The average molecular weight is 497 g/mol. The summed E-state index contributed by atoms with van der Waals surface area (Å²) in [5, 5.41) is 15.1. The van der Waals surface area contributed by atoms with Crippen molar-refractivity contribution < 1.29 is 24.2 Å². The SMILES string of the molecule is CSCC[C@H](NC(=O)C1(C)CCCC1NC(=O)OCC1c2ccccc2-c2ccccc21)C(=O)O. The fourth-order valence-electron chi connectivity index (χ4n) is 5.27. The summed E-state index contributed by atoms with van der Waals surface area (Å²) >= 11 is 1.53. The molecule has 0 aliphatic heterocycles. The number of alkyl carbamates (subject to hydrolysis) is 1. The Bertz CT molecular complexity index is 1060. The van der Waals surface area contributed by atoms with E-state index >= 15 is 0 Å². The first-order valence-electron chi connectivity index (χ1n) is 12.0. The number of carboxylic acids is 1. The molecule has 0 radical (unpaired) electrons. The predicted octanol–water partition coefficient (Wildman–Crippen LogP) is 4.41. The highest BCUT2D eigenvalue weighted by Crippen LogP contribution is 2.44. The molecule has 2 aromatic rings.